The van der Waals surface area contributed by atoms with Gasteiger partial charge in [0.1, 0.15) is 11.4 Å². The molecular weight excluding hydrogens is 252 g/mol. The van der Waals surface area contributed by atoms with E-state index < -0.39 is 17.2 Å². The van der Waals surface area contributed by atoms with Crippen LogP contribution < -0.4 is 0 Å². The number of fused-ring (bicyclic) bond motifs is 1. The van der Waals surface area contributed by atoms with Gasteiger partial charge in [-0.25, -0.2) is 13.6 Å². The molecule has 1 aromatic carbocycles. The minimum absolute atomic E-state index is 0.00349. The van der Waals surface area contributed by atoms with Crippen molar-refractivity contribution in [3.63, 3.8) is 0 Å². The van der Waals surface area contributed by atoms with Gasteiger partial charge in [-0.1, -0.05) is 12.8 Å². The van der Waals surface area contributed by atoms with Gasteiger partial charge in [0.25, 0.3) is 0 Å². The first-order valence-electron chi connectivity index (χ1n) is 6.13. The smallest absolute Gasteiger partial charge is 0.235 e. The number of halogens is 2. The highest BCUT2D eigenvalue weighted by molar-refractivity contribution is 5.83. The standard InChI is InChI=1S/C14H11F2NO2/c15-10-7-11(16)13-9(3-6-19-13)12(10)14(17-8-18)4-1-2-5-14/h3,6-7H,1-2,4-5H2. The number of furan rings is 1. The maximum Gasteiger partial charge on any atom is 0.235 e. The lowest BCUT2D eigenvalue weighted by molar-refractivity contribution is 0.431. The van der Waals surface area contributed by atoms with Crippen LogP contribution in [-0.2, 0) is 10.3 Å². The molecule has 0 amide bonds. The molecular formula is C14H11F2NO2. The maximum atomic E-state index is 14.2. The van der Waals surface area contributed by atoms with Crippen molar-refractivity contribution in [1.29, 1.82) is 0 Å². The minimum Gasteiger partial charge on any atom is -0.461 e. The summed E-state index contributed by atoms with van der Waals surface area (Å²) in [5, 5.41) is 0.346. The van der Waals surface area contributed by atoms with Gasteiger partial charge in [-0.05, 0) is 18.9 Å². The Morgan fingerprint density at radius 1 is 1.26 bits per heavy atom. The van der Waals surface area contributed by atoms with Crippen molar-refractivity contribution in [2.24, 2.45) is 4.99 Å². The molecule has 0 saturated heterocycles. The van der Waals surface area contributed by atoms with Gasteiger partial charge >= 0.3 is 0 Å². The Bertz CT molecular complexity index is 680. The highest BCUT2D eigenvalue weighted by Crippen LogP contribution is 2.46. The van der Waals surface area contributed by atoms with Crippen LogP contribution in [0.2, 0.25) is 0 Å². The summed E-state index contributed by atoms with van der Waals surface area (Å²) < 4.78 is 32.9. The highest BCUT2D eigenvalue weighted by atomic mass is 19.1. The van der Waals surface area contributed by atoms with E-state index in [9.17, 15) is 13.6 Å². The predicted molar refractivity (Wildman–Crippen MR) is 64.4 cm³/mol. The molecule has 98 valence electrons. The summed E-state index contributed by atoms with van der Waals surface area (Å²) >= 11 is 0. The zero-order valence-electron chi connectivity index (χ0n) is 10.1. The predicted octanol–water partition coefficient (Wildman–Crippen LogP) is 3.82. The van der Waals surface area contributed by atoms with Crippen LogP contribution in [0.25, 0.3) is 11.0 Å². The van der Waals surface area contributed by atoms with Crippen LogP contribution in [-0.4, -0.2) is 6.08 Å². The van der Waals surface area contributed by atoms with Gasteiger partial charge in [0.2, 0.25) is 6.08 Å². The van der Waals surface area contributed by atoms with Crippen molar-refractivity contribution in [2.45, 2.75) is 31.2 Å². The Hall–Kier alpha value is -2.00. The quantitative estimate of drug-likeness (QED) is 0.610. The van der Waals surface area contributed by atoms with Crippen molar-refractivity contribution in [3.05, 3.63) is 35.6 Å². The van der Waals surface area contributed by atoms with Gasteiger partial charge in [-0.3, -0.25) is 0 Å². The fourth-order valence-corrected chi connectivity index (χ4v) is 3.01. The van der Waals surface area contributed by atoms with Gasteiger partial charge < -0.3 is 4.42 Å². The van der Waals surface area contributed by atoms with Crippen molar-refractivity contribution < 1.29 is 18.0 Å². The Morgan fingerprint density at radius 2 is 2.00 bits per heavy atom. The van der Waals surface area contributed by atoms with Crippen molar-refractivity contribution in [1.82, 2.24) is 0 Å². The number of aliphatic imine (C=N–C) groups is 1. The SMILES string of the molecule is O=C=NC1(c2c(F)cc(F)c3occc23)CCCC1. The first kappa shape index (κ1) is 12.1. The van der Waals surface area contributed by atoms with Crippen molar-refractivity contribution in [3.8, 4) is 0 Å². The molecule has 0 spiro atoms. The van der Waals surface area contributed by atoms with E-state index in [-0.39, 0.29) is 11.1 Å². The molecule has 0 radical (unpaired) electrons. The highest BCUT2D eigenvalue weighted by Gasteiger charge is 2.40. The molecule has 3 rings (SSSR count). The molecule has 1 aliphatic rings. The third-order valence-electron chi connectivity index (χ3n) is 3.80. The Labute approximate surface area is 107 Å². The number of rotatable bonds is 2. The summed E-state index contributed by atoms with van der Waals surface area (Å²) in [5.74, 6) is -1.43. The van der Waals surface area contributed by atoms with Gasteiger partial charge in [-0.2, -0.15) is 4.99 Å². The van der Waals surface area contributed by atoms with E-state index in [1.165, 1.54) is 18.4 Å². The van der Waals surface area contributed by atoms with E-state index in [0.29, 0.717) is 18.2 Å². The molecule has 1 saturated carbocycles. The van der Waals surface area contributed by atoms with E-state index in [1.807, 2.05) is 0 Å². The van der Waals surface area contributed by atoms with Gasteiger partial charge in [-0.15, -0.1) is 0 Å². The summed E-state index contributed by atoms with van der Waals surface area (Å²) in [7, 11) is 0. The van der Waals surface area contributed by atoms with Crippen LogP contribution in [0.4, 0.5) is 8.78 Å². The zero-order valence-corrected chi connectivity index (χ0v) is 10.1. The van der Waals surface area contributed by atoms with Crippen LogP contribution in [0, 0.1) is 11.6 Å². The van der Waals surface area contributed by atoms with E-state index in [2.05, 4.69) is 4.99 Å². The third kappa shape index (κ3) is 1.70. The molecule has 5 heteroatoms. The summed E-state index contributed by atoms with van der Waals surface area (Å²) in [6, 6.07) is 2.30. The fourth-order valence-electron chi connectivity index (χ4n) is 3.01. The van der Waals surface area contributed by atoms with E-state index in [0.717, 1.165) is 18.9 Å². The Morgan fingerprint density at radius 3 is 2.68 bits per heavy atom. The maximum absolute atomic E-state index is 14.2. The lowest BCUT2D eigenvalue weighted by Gasteiger charge is -2.24. The summed E-state index contributed by atoms with van der Waals surface area (Å²) in [4.78, 5) is 14.5. The number of isocyanates is 1. The number of benzene rings is 1. The average Bonchev–Trinajstić information content (AvgIpc) is 2.99. The second kappa shape index (κ2) is 4.28. The summed E-state index contributed by atoms with van der Waals surface area (Å²) in [5.41, 5.74) is -0.677. The molecule has 0 bridgehead atoms. The molecule has 0 atom stereocenters. The topological polar surface area (TPSA) is 42.6 Å². The zero-order chi connectivity index (χ0) is 13.5. The van der Waals surface area contributed by atoms with Crippen LogP contribution in [0.1, 0.15) is 31.2 Å². The summed E-state index contributed by atoms with van der Waals surface area (Å²) in [6.07, 6.45) is 5.66. The lowest BCUT2D eigenvalue weighted by atomic mass is 9.86. The molecule has 1 aliphatic carbocycles. The second-order valence-corrected chi connectivity index (χ2v) is 4.82. The summed E-state index contributed by atoms with van der Waals surface area (Å²) in [6.45, 7) is 0. The Balaban J connectivity index is 2.35. The van der Waals surface area contributed by atoms with Crippen molar-refractivity contribution in [2.75, 3.05) is 0 Å². The number of hydrogen-bond acceptors (Lipinski definition) is 3. The van der Waals surface area contributed by atoms with Crippen LogP contribution in [0.15, 0.2) is 27.8 Å². The monoisotopic (exact) mass is 263 g/mol. The molecule has 3 nitrogen and oxygen atoms in total. The molecule has 1 aromatic heterocycles. The molecule has 0 aliphatic heterocycles. The van der Waals surface area contributed by atoms with E-state index in [4.69, 9.17) is 4.42 Å². The molecule has 19 heavy (non-hydrogen) atoms. The van der Waals surface area contributed by atoms with E-state index in [1.54, 1.807) is 0 Å². The molecule has 2 aromatic rings. The molecule has 1 fully saturated rings. The second-order valence-electron chi connectivity index (χ2n) is 4.82. The van der Waals surface area contributed by atoms with Gasteiger partial charge in [0.15, 0.2) is 11.4 Å². The molecule has 1 heterocycles. The minimum atomic E-state index is -0.929. The van der Waals surface area contributed by atoms with Crippen molar-refractivity contribution >= 4 is 17.0 Å². The van der Waals surface area contributed by atoms with Gasteiger partial charge in [0.05, 0.1) is 6.26 Å². The van der Waals surface area contributed by atoms with Gasteiger partial charge in [0, 0.05) is 17.0 Å². The number of nitrogens with zero attached hydrogens (tertiary/aromatic N) is 1. The molecule has 0 N–H and O–H groups in total. The first-order valence-corrected chi connectivity index (χ1v) is 6.13. The third-order valence-corrected chi connectivity index (χ3v) is 3.80. The number of hydrogen-bond donors (Lipinski definition) is 0. The van der Waals surface area contributed by atoms with Crippen LogP contribution in [0.3, 0.4) is 0 Å². The largest absolute Gasteiger partial charge is 0.461 e. The fraction of sp³-hybridized carbons (Fsp3) is 0.357. The van der Waals surface area contributed by atoms with Crippen LogP contribution >= 0.6 is 0 Å². The normalized spacial score (nSPS) is 17.6. The van der Waals surface area contributed by atoms with E-state index >= 15 is 0 Å². The van der Waals surface area contributed by atoms with Crippen LogP contribution in [0.5, 0.6) is 0 Å². The first-order chi connectivity index (χ1) is 9.18. The molecule has 0 unspecified atom stereocenters. The Kier molecular flexibility index (Phi) is 2.72. The average molecular weight is 263 g/mol. The lowest BCUT2D eigenvalue weighted by Crippen LogP contribution is -2.21. The number of carbonyl (C=O) groups excluding carboxylic acids is 1.